The van der Waals surface area contributed by atoms with Gasteiger partial charge in [-0.3, -0.25) is 13.8 Å². The maximum Gasteiger partial charge on any atom is 0.472 e. The van der Waals surface area contributed by atoms with Gasteiger partial charge in [-0.2, -0.15) is 0 Å². The predicted octanol–water partition coefficient (Wildman–Crippen LogP) is 10.2. The molecule has 0 radical (unpaired) electrons. The van der Waals surface area contributed by atoms with E-state index in [1.54, 1.807) is 0 Å². The number of ether oxygens (including phenoxy) is 2. The molecule has 3 unspecified atom stereocenters. The third kappa shape index (κ3) is 36.2. The first-order chi connectivity index (χ1) is 24.3. The number of phosphoric ester groups is 1. The lowest BCUT2D eigenvalue weighted by molar-refractivity contribution is -0.154. The fourth-order valence-corrected chi connectivity index (χ4v) is 5.84. The van der Waals surface area contributed by atoms with Gasteiger partial charge in [-0.25, -0.2) is 4.57 Å². The highest BCUT2D eigenvalue weighted by Gasteiger charge is 2.26. The van der Waals surface area contributed by atoms with Crippen molar-refractivity contribution in [2.24, 2.45) is 0 Å². The number of unbranched alkanes of at least 4 members (excludes halogenated alkanes) is 15. The molecule has 0 aromatic rings. The molecule has 0 saturated carbocycles. The van der Waals surface area contributed by atoms with Crippen molar-refractivity contribution in [1.82, 2.24) is 0 Å². The monoisotopic (exact) mass is 728 g/mol. The van der Waals surface area contributed by atoms with Crippen molar-refractivity contribution in [3.63, 3.8) is 0 Å². The van der Waals surface area contributed by atoms with Crippen molar-refractivity contribution < 1.29 is 43.0 Å². The molecule has 0 aliphatic rings. The molecule has 0 amide bonds. The van der Waals surface area contributed by atoms with Crippen LogP contribution in [-0.2, 0) is 27.9 Å². The maximum absolute atomic E-state index is 12.5. The second-order valence-electron chi connectivity index (χ2n) is 12.9. The normalized spacial score (nSPS) is 14.7. The molecule has 0 rings (SSSR count). The number of carbonyl (C=O) groups is 1. The Morgan fingerprint density at radius 1 is 0.640 bits per heavy atom. The molecule has 292 valence electrons. The summed E-state index contributed by atoms with van der Waals surface area (Å²) in [7, 11) is -4.52. The Hall–Kier alpha value is -1.58. The van der Waals surface area contributed by atoms with E-state index in [-0.39, 0.29) is 13.0 Å². The highest BCUT2D eigenvalue weighted by molar-refractivity contribution is 7.47. The summed E-state index contributed by atoms with van der Waals surface area (Å²) in [6.07, 6.45) is 39.3. The lowest BCUT2D eigenvalue weighted by Gasteiger charge is -2.20. The SMILES string of the molecule is CC/C=C\C/C=C\C/C=C\C/C=C\CCCCC(=O)OC(COCCCCCCCCCCCCCCCC)COP(=O)(O)OCC(O)CO. The van der Waals surface area contributed by atoms with Crippen LogP contribution in [0.15, 0.2) is 48.6 Å². The van der Waals surface area contributed by atoms with E-state index >= 15 is 0 Å². The number of aliphatic hydroxyl groups is 2. The predicted molar refractivity (Wildman–Crippen MR) is 205 cm³/mol. The molecular formula is C40H73O9P. The van der Waals surface area contributed by atoms with Crippen LogP contribution in [0, 0.1) is 0 Å². The highest BCUT2D eigenvalue weighted by Crippen LogP contribution is 2.43. The minimum atomic E-state index is -4.52. The van der Waals surface area contributed by atoms with Crippen molar-refractivity contribution in [1.29, 1.82) is 0 Å². The first-order valence-corrected chi connectivity index (χ1v) is 21.1. The van der Waals surface area contributed by atoms with Crippen LogP contribution in [-0.4, -0.2) is 66.3 Å². The van der Waals surface area contributed by atoms with Crippen molar-refractivity contribution in [3.05, 3.63) is 48.6 Å². The third-order valence-electron chi connectivity index (χ3n) is 8.03. The quantitative estimate of drug-likeness (QED) is 0.0247. The van der Waals surface area contributed by atoms with Gasteiger partial charge in [-0.05, 0) is 51.4 Å². The van der Waals surface area contributed by atoms with Gasteiger partial charge in [0.25, 0.3) is 0 Å². The molecule has 0 heterocycles. The largest absolute Gasteiger partial charge is 0.472 e. The molecule has 0 fully saturated rings. The number of hydrogen-bond donors (Lipinski definition) is 3. The zero-order valence-electron chi connectivity index (χ0n) is 31.6. The fourth-order valence-electron chi connectivity index (χ4n) is 5.05. The van der Waals surface area contributed by atoms with Crippen molar-refractivity contribution >= 4 is 13.8 Å². The summed E-state index contributed by atoms with van der Waals surface area (Å²) in [6.45, 7) is 3.34. The van der Waals surface area contributed by atoms with Gasteiger partial charge in [0.1, 0.15) is 12.2 Å². The van der Waals surface area contributed by atoms with Crippen LogP contribution in [0.2, 0.25) is 0 Å². The van der Waals surface area contributed by atoms with E-state index < -0.39 is 45.8 Å². The Kier molecular flexibility index (Phi) is 36.0. The second kappa shape index (κ2) is 37.2. The minimum absolute atomic E-state index is 0.0331. The smallest absolute Gasteiger partial charge is 0.457 e. The molecule has 0 aromatic carbocycles. The van der Waals surface area contributed by atoms with E-state index in [4.69, 9.17) is 23.6 Å². The van der Waals surface area contributed by atoms with Gasteiger partial charge in [-0.1, -0.05) is 146 Å². The molecule has 0 aromatic heterocycles. The standard InChI is InChI=1S/C40H73O9P/c1-3-5-7-9-11-13-15-17-19-20-22-24-26-28-30-32-40(43)49-39(37-48-50(44,45)47-35-38(42)34-41)36-46-33-31-29-27-25-23-21-18-16-14-12-10-8-6-4-2/h5,7,11,13,17,19,22,24,38-39,41-42H,3-4,6,8-10,12,14-16,18,20-21,23,25-37H2,1-2H3,(H,44,45)/b7-5-,13-11-,19-17-,24-22-. The van der Waals surface area contributed by atoms with Crippen LogP contribution in [0.1, 0.15) is 155 Å². The Bertz CT molecular complexity index is 919. The summed E-state index contributed by atoms with van der Waals surface area (Å²) in [4.78, 5) is 22.5. The van der Waals surface area contributed by atoms with Gasteiger partial charge < -0.3 is 24.6 Å². The van der Waals surface area contributed by atoms with Crippen LogP contribution in [0.3, 0.4) is 0 Å². The summed E-state index contributed by atoms with van der Waals surface area (Å²) >= 11 is 0. The van der Waals surface area contributed by atoms with Crippen molar-refractivity contribution in [2.45, 2.75) is 167 Å². The van der Waals surface area contributed by atoms with Crippen LogP contribution in [0.25, 0.3) is 0 Å². The lowest BCUT2D eigenvalue weighted by Crippen LogP contribution is -2.29. The van der Waals surface area contributed by atoms with Gasteiger partial charge in [0.2, 0.25) is 0 Å². The number of phosphoric acid groups is 1. The van der Waals surface area contributed by atoms with E-state index in [9.17, 15) is 19.4 Å². The molecule has 3 atom stereocenters. The fraction of sp³-hybridized carbons (Fsp3) is 0.775. The molecule has 0 saturated heterocycles. The number of esters is 1. The first-order valence-electron chi connectivity index (χ1n) is 19.6. The van der Waals surface area contributed by atoms with E-state index in [1.165, 1.54) is 70.6 Å². The molecular weight excluding hydrogens is 655 g/mol. The zero-order valence-corrected chi connectivity index (χ0v) is 32.5. The molecule has 0 aliphatic carbocycles. The number of rotatable bonds is 37. The Labute approximate surface area is 305 Å². The summed E-state index contributed by atoms with van der Waals surface area (Å²) in [6, 6.07) is 0. The van der Waals surface area contributed by atoms with Crippen molar-refractivity contribution in [2.75, 3.05) is 33.0 Å². The third-order valence-corrected chi connectivity index (χ3v) is 8.98. The van der Waals surface area contributed by atoms with Crippen LogP contribution in [0.5, 0.6) is 0 Å². The van der Waals surface area contributed by atoms with Crippen LogP contribution >= 0.6 is 7.82 Å². The Morgan fingerprint density at radius 3 is 1.68 bits per heavy atom. The van der Waals surface area contributed by atoms with Gasteiger partial charge in [0, 0.05) is 13.0 Å². The molecule has 9 nitrogen and oxygen atoms in total. The first kappa shape index (κ1) is 48.4. The summed E-state index contributed by atoms with van der Waals surface area (Å²) in [5.74, 6) is -0.423. The van der Waals surface area contributed by atoms with Gasteiger partial charge >= 0.3 is 13.8 Å². The van der Waals surface area contributed by atoms with E-state index in [2.05, 4.69) is 62.5 Å². The average molecular weight is 729 g/mol. The summed E-state index contributed by atoms with van der Waals surface area (Å²) in [5.41, 5.74) is 0. The molecule has 3 N–H and O–H groups in total. The van der Waals surface area contributed by atoms with Gasteiger partial charge in [0.05, 0.1) is 26.4 Å². The summed E-state index contributed by atoms with van der Waals surface area (Å²) < 4.78 is 33.2. The van der Waals surface area contributed by atoms with Crippen LogP contribution < -0.4 is 0 Å². The minimum Gasteiger partial charge on any atom is -0.457 e. The second-order valence-corrected chi connectivity index (χ2v) is 14.4. The Balaban J connectivity index is 4.30. The van der Waals surface area contributed by atoms with E-state index in [0.717, 1.165) is 57.8 Å². The lowest BCUT2D eigenvalue weighted by atomic mass is 10.0. The van der Waals surface area contributed by atoms with Gasteiger partial charge in [-0.15, -0.1) is 0 Å². The van der Waals surface area contributed by atoms with Crippen LogP contribution in [0.4, 0.5) is 0 Å². The number of hydrogen-bond acceptors (Lipinski definition) is 8. The molecule has 0 bridgehead atoms. The van der Waals surface area contributed by atoms with Crippen molar-refractivity contribution in [3.8, 4) is 0 Å². The maximum atomic E-state index is 12.5. The number of carbonyl (C=O) groups excluding carboxylic acids is 1. The molecule has 0 aliphatic heterocycles. The van der Waals surface area contributed by atoms with E-state index in [0.29, 0.717) is 13.0 Å². The van der Waals surface area contributed by atoms with E-state index in [1.807, 2.05) is 0 Å². The van der Waals surface area contributed by atoms with Gasteiger partial charge in [0.15, 0.2) is 0 Å². The topological polar surface area (TPSA) is 132 Å². The molecule has 50 heavy (non-hydrogen) atoms. The average Bonchev–Trinajstić information content (AvgIpc) is 3.10. The number of allylic oxidation sites excluding steroid dienone is 8. The highest BCUT2D eigenvalue weighted by atomic mass is 31.2. The molecule has 10 heteroatoms. The Morgan fingerprint density at radius 2 is 1.14 bits per heavy atom. The number of aliphatic hydroxyl groups excluding tert-OH is 2. The molecule has 0 spiro atoms. The zero-order chi connectivity index (χ0) is 36.8. The summed E-state index contributed by atoms with van der Waals surface area (Å²) in [5, 5.41) is 18.3.